The average Bonchev–Trinajstić information content (AvgIpc) is 3.03. The van der Waals surface area contributed by atoms with Crippen LogP contribution in [0.1, 0.15) is 31.2 Å². The highest BCUT2D eigenvalue weighted by Crippen LogP contribution is 2.43. The highest BCUT2D eigenvalue weighted by Gasteiger charge is 2.45. The molecule has 0 spiro atoms. The minimum Gasteiger partial charge on any atom is -0.455 e. The Kier molecular flexibility index (Phi) is 5.31. The van der Waals surface area contributed by atoms with Crippen molar-refractivity contribution in [1.29, 1.82) is 0 Å². The second kappa shape index (κ2) is 7.21. The zero-order valence-electron chi connectivity index (χ0n) is 12.9. The minimum absolute atomic E-state index is 0.300. The molecule has 0 saturated heterocycles. The van der Waals surface area contributed by atoms with Crippen molar-refractivity contribution in [2.45, 2.75) is 31.1 Å². The van der Waals surface area contributed by atoms with Gasteiger partial charge in [-0.05, 0) is 18.9 Å². The zero-order valence-corrected chi connectivity index (χ0v) is 12.9. The SMILES string of the molecule is CNC(=O)NC(=O)COC(=O)C1(c2ccccc2F)CCCC1. The summed E-state index contributed by atoms with van der Waals surface area (Å²) in [5.41, 5.74) is -0.757. The van der Waals surface area contributed by atoms with E-state index in [-0.39, 0.29) is 0 Å². The number of halogens is 1. The predicted molar refractivity (Wildman–Crippen MR) is 80.1 cm³/mol. The third kappa shape index (κ3) is 3.67. The highest BCUT2D eigenvalue weighted by atomic mass is 19.1. The van der Waals surface area contributed by atoms with Crippen molar-refractivity contribution in [3.8, 4) is 0 Å². The van der Waals surface area contributed by atoms with Crippen molar-refractivity contribution >= 4 is 17.9 Å². The van der Waals surface area contributed by atoms with Crippen LogP contribution in [0.5, 0.6) is 0 Å². The fourth-order valence-corrected chi connectivity index (χ4v) is 2.91. The molecule has 124 valence electrons. The molecule has 7 heteroatoms. The Morgan fingerprint density at radius 1 is 1.22 bits per heavy atom. The summed E-state index contributed by atoms with van der Waals surface area (Å²) in [5.74, 6) is -1.83. The van der Waals surface area contributed by atoms with Gasteiger partial charge >= 0.3 is 12.0 Å². The van der Waals surface area contributed by atoms with E-state index in [1.165, 1.54) is 13.1 Å². The van der Waals surface area contributed by atoms with Gasteiger partial charge in [0.05, 0.1) is 5.41 Å². The molecule has 1 aromatic rings. The smallest absolute Gasteiger partial charge is 0.321 e. The second-order valence-electron chi connectivity index (χ2n) is 5.47. The number of amides is 3. The Morgan fingerprint density at radius 2 is 1.87 bits per heavy atom. The molecule has 2 N–H and O–H groups in total. The fraction of sp³-hybridized carbons (Fsp3) is 0.438. The Bertz CT molecular complexity index is 612. The average molecular weight is 322 g/mol. The summed E-state index contributed by atoms with van der Waals surface area (Å²) in [5, 5.41) is 4.22. The van der Waals surface area contributed by atoms with Gasteiger partial charge in [0.15, 0.2) is 6.61 Å². The molecule has 1 aromatic carbocycles. The Morgan fingerprint density at radius 3 is 2.48 bits per heavy atom. The van der Waals surface area contributed by atoms with Gasteiger partial charge in [-0.2, -0.15) is 0 Å². The molecule has 0 aliphatic heterocycles. The van der Waals surface area contributed by atoms with Gasteiger partial charge in [0.1, 0.15) is 5.82 Å². The van der Waals surface area contributed by atoms with Crippen LogP contribution in [0.15, 0.2) is 24.3 Å². The van der Waals surface area contributed by atoms with Crippen molar-refractivity contribution in [3.05, 3.63) is 35.6 Å². The number of hydrogen-bond acceptors (Lipinski definition) is 4. The van der Waals surface area contributed by atoms with Crippen LogP contribution in [0.25, 0.3) is 0 Å². The third-order valence-electron chi connectivity index (χ3n) is 4.05. The standard InChI is InChI=1S/C16H19FN2O4/c1-18-15(22)19-13(20)10-23-14(21)16(8-4-5-9-16)11-6-2-3-7-12(11)17/h2-3,6-7H,4-5,8-10H2,1H3,(H2,18,19,20,22). The molecule has 23 heavy (non-hydrogen) atoms. The van der Waals surface area contributed by atoms with E-state index in [1.54, 1.807) is 18.2 Å². The second-order valence-corrected chi connectivity index (χ2v) is 5.47. The summed E-state index contributed by atoms with van der Waals surface area (Å²) in [6, 6.07) is 5.43. The molecular weight excluding hydrogens is 303 g/mol. The highest BCUT2D eigenvalue weighted by molar-refractivity contribution is 5.96. The maximum absolute atomic E-state index is 14.1. The number of hydrogen-bond donors (Lipinski definition) is 2. The predicted octanol–water partition coefficient (Wildman–Crippen LogP) is 1.64. The van der Waals surface area contributed by atoms with Crippen LogP contribution in [0.2, 0.25) is 0 Å². The largest absolute Gasteiger partial charge is 0.455 e. The first-order valence-electron chi connectivity index (χ1n) is 7.43. The first kappa shape index (κ1) is 16.9. The third-order valence-corrected chi connectivity index (χ3v) is 4.05. The van der Waals surface area contributed by atoms with E-state index >= 15 is 0 Å². The number of carbonyl (C=O) groups is 3. The van der Waals surface area contributed by atoms with Gasteiger partial charge < -0.3 is 10.1 Å². The van der Waals surface area contributed by atoms with E-state index in [0.29, 0.717) is 18.4 Å². The first-order chi connectivity index (χ1) is 11.0. The molecule has 0 bridgehead atoms. The first-order valence-corrected chi connectivity index (χ1v) is 7.43. The number of ether oxygens (including phenoxy) is 1. The van der Waals surface area contributed by atoms with E-state index < -0.39 is 35.7 Å². The van der Waals surface area contributed by atoms with Gasteiger partial charge in [-0.3, -0.25) is 14.9 Å². The van der Waals surface area contributed by atoms with E-state index in [9.17, 15) is 18.8 Å². The van der Waals surface area contributed by atoms with E-state index in [4.69, 9.17) is 4.74 Å². The topological polar surface area (TPSA) is 84.5 Å². The van der Waals surface area contributed by atoms with Crippen molar-refractivity contribution in [2.24, 2.45) is 0 Å². The Labute approximate surface area is 133 Å². The van der Waals surface area contributed by atoms with Gasteiger partial charge in [-0.15, -0.1) is 0 Å². The summed E-state index contributed by atoms with van der Waals surface area (Å²) in [6.45, 7) is -0.581. The molecule has 1 aliphatic rings. The summed E-state index contributed by atoms with van der Waals surface area (Å²) in [7, 11) is 1.36. The quantitative estimate of drug-likeness (QED) is 0.825. The number of nitrogens with one attached hydrogen (secondary N) is 2. The maximum atomic E-state index is 14.1. The fourth-order valence-electron chi connectivity index (χ4n) is 2.91. The lowest BCUT2D eigenvalue weighted by Crippen LogP contribution is -2.42. The molecule has 6 nitrogen and oxygen atoms in total. The molecule has 3 amide bonds. The van der Waals surface area contributed by atoms with Gasteiger partial charge in [0.2, 0.25) is 0 Å². The molecule has 0 radical (unpaired) electrons. The number of rotatable bonds is 4. The van der Waals surface area contributed by atoms with Crippen molar-refractivity contribution in [1.82, 2.24) is 10.6 Å². The van der Waals surface area contributed by atoms with Crippen LogP contribution in [0.3, 0.4) is 0 Å². The summed E-state index contributed by atoms with van der Waals surface area (Å²) >= 11 is 0. The molecule has 2 rings (SSSR count). The Hall–Kier alpha value is -2.44. The van der Waals surface area contributed by atoms with E-state index in [2.05, 4.69) is 5.32 Å². The number of urea groups is 1. The lowest BCUT2D eigenvalue weighted by atomic mass is 9.78. The van der Waals surface area contributed by atoms with Crippen LogP contribution in [-0.4, -0.2) is 31.6 Å². The zero-order chi connectivity index (χ0) is 16.9. The Balaban J connectivity index is 2.10. The van der Waals surface area contributed by atoms with E-state index in [0.717, 1.165) is 12.8 Å². The molecule has 1 fully saturated rings. The number of carbonyl (C=O) groups excluding carboxylic acids is 3. The molecule has 1 saturated carbocycles. The van der Waals surface area contributed by atoms with Gasteiger partial charge in [-0.25, -0.2) is 9.18 Å². The monoisotopic (exact) mass is 322 g/mol. The van der Waals surface area contributed by atoms with Gasteiger partial charge in [0, 0.05) is 12.6 Å². The van der Waals surface area contributed by atoms with Crippen LogP contribution >= 0.6 is 0 Å². The van der Waals surface area contributed by atoms with Crippen LogP contribution in [0, 0.1) is 5.82 Å². The molecule has 0 aromatic heterocycles. The number of benzene rings is 1. The summed E-state index contributed by atoms with van der Waals surface area (Å²) in [4.78, 5) is 35.0. The summed E-state index contributed by atoms with van der Waals surface area (Å²) < 4.78 is 19.2. The number of imide groups is 1. The van der Waals surface area contributed by atoms with Gasteiger partial charge in [0.25, 0.3) is 5.91 Å². The van der Waals surface area contributed by atoms with Crippen LogP contribution in [0.4, 0.5) is 9.18 Å². The molecule has 0 unspecified atom stereocenters. The van der Waals surface area contributed by atoms with Crippen molar-refractivity contribution in [3.63, 3.8) is 0 Å². The molecule has 0 atom stereocenters. The number of esters is 1. The minimum atomic E-state index is -1.06. The van der Waals surface area contributed by atoms with Crippen molar-refractivity contribution < 1.29 is 23.5 Å². The summed E-state index contributed by atoms with van der Waals surface area (Å²) in [6.07, 6.45) is 2.52. The maximum Gasteiger partial charge on any atom is 0.321 e. The van der Waals surface area contributed by atoms with E-state index in [1.807, 2.05) is 5.32 Å². The van der Waals surface area contributed by atoms with Crippen LogP contribution in [-0.2, 0) is 19.7 Å². The molecule has 0 heterocycles. The van der Waals surface area contributed by atoms with Crippen molar-refractivity contribution in [2.75, 3.05) is 13.7 Å². The lowest BCUT2D eigenvalue weighted by Gasteiger charge is -2.27. The lowest BCUT2D eigenvalue weighted by molar-refractivity contribution is -0.154. The van der Waals surface area contributed by atoms with Crippen LogP contribution < -0.4 is 10.6 Å². The molecule has 1 aliphatic carbocycles. The molecular formula is C16H19FN2O4. The van der Waals surface area contributed by atoms with Gasteiger partial charge in [-0.1, -0.05) is 31.0 Å². The normalized spacial score (nSPS) is 15.7.